The van der Waals surface area contributed by atoms with Crippen LogP contribution in [0, 0.1) is 0 Å². The van der Waals surface area contributed by atoms with Crippen LogP contribution in [-0.2, 0) is 10.7 Å². The zero-order valence-electron chi connectivity index (χ0n) is 16.5. The molecule has 1 amide bonds. The molecule has 1 aliphatic rings. The van der Waals surface area contributed by atoms with Gasteiger partial charge < -0.3 is 19.7 Å². The lowest BCUT2D eigenvalue weighted by molar-refractivity contribution is 0.0131. The number of hydrogen-bond donors (Lipinski definition) is 2. The SMILES string of the molecule is CC(F)(F)c1ccc2[nH]c(C(O)c3c(Cl)ccc(C(=O)N4CCOCC4)c3Cl)cc2n1. The number of benzene rings is 1. The molecule has 1 fully saturated rings. The van der Waals surface area contributed by atoms with E-state index < -0.39 is 12.0 Å². The van der Waals surface area contributed by atoms with Crippen molar-refractivity contribution in [1.29, 1.82) is 0 Å². The van der Waals surface area contributed by atoms with Gasteiger partial charge in [0.15, 0.2) is 0 Å². The Morgan fingerprint density at radius 3 is 2.65 bits per heavy atom. The second-order valence-corrected chi connectivity index (χ2v) is 8.16. The van der Waals surface area contributed by atoms with Gasteiger partial charge in [-0.2, -0.15) is 8.78 Å². The third-order valence-corrected chi connectivity index (χ3v) is 5.91. The van der Waals surface area contributed by atoms with E-state index in [1.165, 1.54) is 30.3 Å². The number of aliphatic hydroxyl groups is 1. The fraction of sp³-hybridized carbons (Fsp3) is 0.333. The van der Waals surface area contributed by atoms with E-state index in [-0.39, 0.29) is 44.0 Å². The lowest BCUT2D eigenvalue weighted by Gasteiger charge is -2.27. The van der Waals surface area contributed by atoms with Crippen LogP contribution in [0.15, 0.2) is 30.3 Å². The average molecular weight is 470 g/mol. The maximum Gasteiger partial charge on any atom is 0.286 e. The first-order chi connectivity index (χ1) is 14.7. The Morgan fingerprint density at radius 1 is 1.26 bits per heavy atom. The second-order valence-electron chi connectivity index (χ2n) is 7.37. The standard InChI is InChI=1S/C21H19Cl2F2N3O3/c1-21(24,25)16-5-4-13-14(27-16)10-15(26-13)19(29)17-12(22)3-2-11(18(17)23)20(30)28-6-8-31-9-7-28/h2-5,10,19,26,29H,6-9H2,1H3. The minimum Gasteiger partial charge on any atom is -0.382 e. The van der Waals surface area contributed by atoms with E-state index in [0.717, 1.165) is 6.92 Å². The molecule has 3 heterocycles. The highest BCUT2D eigenvalue weighted by Crippen LogP contribution is 2.37. The van der Waals surface area contributed by atoms with Gasteiger partial charge >= 0.3 is 0 Å². The maximum atomic E-state index is 13.6. The highest BCUT2D eigenvalue weighted by atomic mass is 35.5. The summed E-state index contributed by atoms with van der Waals surface area (Å²) in [6, 6.07) is 7.15. The van der Waals surface area contributed by atoms with E-state index in [1.807, 2.05) is 0 Å². The van der Waals surface area contributed by atoms with Gasteiger partial charge in [0.05, 0.1) is 40.5 Å². The number of aromatic amines is 1. The predicted molar refractivity (Wildman–Crippen MR) is 113 cm³/mol. The van der Waals surface area contributed by atoms with Crippen molar-refractivity contribution in [3.63, 3.8) is 0 Å². The number of H-pyrrole nitrogens is 1. The number of aliphatic hydroxyl groups excluding tert-OH is 1. The maximum absolute atomic E-state index is 13.6. The zero-order chi connectivity index (χ0) is 22.3. The number of fused-ring (bicyclic) bond motifs is 1. The van der Waals surface area contributed by atoms with Gasteiger partial charge in [0, 0.05) is 30.6 Å². The minimum absolute atomic E-state index is 0.0314. The number of carbonyl (C=O) groups is 1. The quantitative estimate of drug-likeness (QED) is 0.587. The number of ether oxygens (including phenoxy) is 1. The number of amides is 1. The van der Waals surface area contributed by atoms with Gasteiger partial charge in [-0.25, -0.2) is 4.98 Å². The molecular formula is C21H19Cl2F2N3O3. The van der Waals surface area contributed by atoms with Crippen molar-refractivity contribution in [1.82, 2.24) is 14.9 Å². The molecule has 3 aromatic rings. The van der Waals surface area contributed by atoms with Crippen LogP contribution in [0.4, 0.5) is 8.78 Å². The monoisotopic (exact) mass is 469 g/mol. The summed E-state index contributed by atoms with van der Waals surface area (Å²) in [6.07, 6.45) is -1.32. The van der Waals surface area contributed by atoms with Crippen LogP contribution in [0.1, 0.15) is 40.3 Å². The lowest BCUT2D eigenvalue weighted by Crippen LogP contribution is -2.40. The summed E-state index contributed by atoms with van der Waals surface area (Å²) in [5.41, 5.74) is 0.975. The smallest absolute Gasteiger partial charge is 0.286 e. The summed E-state index contributed by atoms with van der Waals surface area (Å²) in [6.45, 7) is 2.52. The Bertz CT molecular complexity index is 1140. The van der Waals surface area contributed by atoms with Crippen LogP contribution < -0.4 is 0 Å². The van der Waals surface area contributed by atoms with Gasteiger partial charge in [-0.05, 0) is 30.3 Å². The van der Waals surface area contributed by atoms with Crippen molar-refractivity contribution in [3.05, 3.63) is 62.9 Å². The first-order valence-corrected chi connectivity index (χ1v) is 10.3. The Morgan fingerprint density at radius 2 is 1.97 bits per heavy atom. The van der Waals surface area contributed by atoms with Crippen LogP contribution in [0.3, 0.4) is 0 Å². The van der Waals surface area contributed by atoms with Crippen molar-refractivity contribution in [3.8, 4) is 0 Å². The first kappa shape index (κ1) is 22.0. The van der Waals surface area contributed by atoms with Gasteiger partial charge in [0.25, 0.3) is 11.8 Å². The minimum atomic E-state index is -3.09. The van der Waals surface area contributed by atoms with E-state index in [1.54, 1.807) is 4.90 Å². The van der Waals surface area contributed by atoms with Crippen molar-refractivity contribution >= 4 is 40.1 Å². The first-order valence-electron chi connectivity index (χ1n) is 9.57. The van der Waals surface area contributed by atoms with Gasteiger partial charge in [-0.1, -0.05) is 23.2 Å². The van der Waals surface area contributed by atoms with Gasteiger partial charge in [0.2, 0.25) is 0 Å². The highest BCUT2D eigenvalue weighted by molar-refractivity contribution is 6.38. The summed E-state index contributed by atoms with van der Waals surface area (Å²) < 4.78 is 32.5. The Hall–Kier alpha value is -2.26. The van der Waals surface area contributed by atoms with E-state index in [9.17, 15) is 18.7 Å². The van der Waals surface area contributed by atoms with E-state index >= 15 is 0 Å². The second kappa shape index (κ2) is 8.35. The van der Waals surface area contributed by atoms with Gasteiger partial charge in [-0.15, -0.1) is 0 Å². The summed E-state index contributed by atoms with van der Waals surface area (Å²) >= 11 is 12.8. The van der Waals surface area contributed by atoms with E-state index in [2.05, 4.69) is 9.97 Å². The van der Waals surface area contributed by atoms with Crippen LogP contribution in [0.2, 0.25) is 10.0 Å². The van der Waals surface area contributed by atoms with Crippen LogP contribution >= 0.6 is 23.2 Å². The fourth-order valence-electron chi connectivity index (χ4n) is 3.50. The molecule has 0 bridgehead atoms. The molecule has 164 valence electrons. The molecule has 0 saturated carbocycles. The number of carbonyl (C=O) groups excluding carboxylic acids is 1. The molecule has 10 heteroatoms. The fourth-order valence-corrected chi connectivity index (χ4v) is 4.16. The molecule has 0 spiro atoms. The molecule has 0 aliphatic carbocycles. The lowest BCUT2D eigenvalue weighted by atomic mass is 10.0. The molecule has 1 saturated heterocycles. The van der Waals surface area contributed by atoms with Crippen LogP contribution in [0.5, 0.6) is 0 Å². The molecule has 4 rings (SSSR count). The average Bonchev–Trinajstić information content (AvgIpc) is 3.17. The van der Waals surface area contributed by atoms with Crippen LogP contribution in [-0.4, -0.2) is 52.2 Å². The summed E-state index contributed by atoms with van der Waals surface area (Å²) in [5.74, 6) is -3.38. The van der Waals surface area contributed by atoms with Crippen molar-refractivity contribution in [2.75, 3.05) is 26.3 Å². The van der Waals surface area contributed by atoms with E-state index in [0.29, 0.717) is 31.8 Å². The summed E-state index contributed by atoms with van der Waals surface area (Å²) in [7, 11) is 0. The van der Waals surface area contributed by atoms with Gasteiger partial charge in [-0.3, -0.25) is 4.79 Å². The number of nitrogens with zero attached hydrogens (tertiary/aromatic N) is 2. The van der Waals surface area contributed by atoms with Crippen molar-refractivity contribution in [2.45, 2.75) is 19.0 Å². The topological polar surface area (TPSA) is 78.5 Å². The Labute approximate surface area is 186 Å². The number of pyridine rings is 1. The molecule has 2 aromatic heterocycles. The predicted octanol–water partition coefficient (Wildman–Crippen LogP) is 4.54. The third kappa shape index (κ3) is 4.25. The van der Waals surface area contributed by atoms with Gasteiger partial charge in [0.1, 0.15) is 11.8 Å². The molecule has 1 atom stereocenters. The Balaban J connectivity index is 1.71. The largest absolute Gasteiger partial charge is 0.382 e. The molecular weight excluding hydrogens is 451 g/mol. The summed E-state index contributed by atoms with van der Waals surface area (Å²) in [5, 5.41) is 11.2. The van der Waals surface area contributed by atoms with E-state index in [4.69, 9.17) is 27.9 Å². The Kier molecular flexibility index (Phi) is 5.91. The summed E-state index contributed by atoms with van der Waals surface area (Å²) in [4.78, 5) is 21.4. The number of hydrogen-bond acceptors (Lipinski definition) is 4. The van der Waals surface area contributed by atoms with Crippen molar-refractivity contribution < 1.29 is 23.4 Å². The number of rotatable bonds is 4. The number of morpholine rings is 1. The molecule has 0 radical (unpaired) electrons. The molecule has 31 heavy (non-hydrogen) atoms. The normalized spacial score (nSPS) is 16.0. The molecule has 6 nitrogen and oxygen atoms in total. The number of halogens is 4. The van der Waals surface area contributed by atoms with Crippen LogP contribution in [0.25, 0.3) is 11.0 Å². The van der Waals surface area contributed by atoms with Crippen molar-refractivity contribution in [2.24, 2.45) is 0 Å². The highest BCUT2D eigenvalue weighted by Gasteiger charge is 2.29. The third-order valence-electron chi connectivity index (χ3n) is 5.17. The molecule has 2 N–H and O–H groups in total. The zero-order valence-corrected chi connectivity index (χ0v) is 18.0. The number of nitrogens with one attached hydrogen (secondary N) is 1. The molecule has 1 aromatic carbocycles. The number of aromatic nitrogens is 2. The molecule has 1 aliphatic heterocycles. The molecule has 1 unspecified atom stereocenters. The number of alkyl halides is 2.